The van der Waals surface area contributed by atoms with Gasteiger partial charge in [0.1, 0.15) is 5.52 Å². The minimum Gasteiger partial charge on any atom is -0.355 e. The number of aromatic amines is 1. The fraction of sp³-hybridized carbons (Fsp3) is 0.136. The second kappa shape index (κ2) is 7.66. The van der Waals surface area contributed by atoms with Crippen molar-refractivity contribution in [3.8, 4) is 11.3 Å². The second-order valence-corrected chi connectivity index (χ2v) is 9.88. The molecule has 0 unspecified atom stereocenters. The van der Waals surface area contributed by atoms with Crippen LogP contribution in [-0.4, -0.2) is 24.1 Å². The molecule has 0 aliphatic heterocycles. The summed E-state index contributed by atoms with van der Waals surface area (Å²) < 4.78 is 25.5. The van der Waals surface area contributed by atoms with Gasteiger partial charge in [-0.2, -0.15) is 0 Å². The summed E-state index contributed by atoms with van der Waals surface area (Å²) in [6.45, 7) is 1.88. The zero-order valence-corrected chi connectivity index (χ0v) is 18.0. The van der Waals surface area contributed by atoms with Crippen LogP contribution in [0.25, 0.3) is 16.8 Å². The standard InChI is InChI=1S/C22H20ClN3O3S/c1-14-11-20(26-10-9-24-22(27)21(14)26)18-12-15(13-30(2,28)29)3-8-19(18)25-17-6-4-16(23)5-7-17/h3-12,25H,13H2,1-2H3,(H,24,27). The van der Waals surface area contributed by atoms with Crippen LogP contribution in [0.2, 0.25) is 5.02 Å². The summed E-state index contributed by atoms with van der Waals surface area (Å²) >= 11 is 5.99. The molecule has 2 aromatic carbocycles. The molecule has 6 nitrogen and oxygen atoms in total. The molecule has 2 N–H and O–H groups in total. The van der Waals surface area contributed by atoms with Crippen LogP contribution in [0.4, 0.5) is 11.4 Å². The van der Waals surface area contributed by atoms with E-state index in [1.807, 2.05) is 41.7 Å². The lowest BCUT2D eigenvalue weighted by Crippen LogP contribution is -2.09. The van der Waals surface area contributed by atoms with E-state index in [1.54, 1.807) is 30.6 Å². The minimum absolute atomic E-state index is 0.0654. The van der Waals surface area contributed by atoms with Gasteiger partial charge in [-0.15, -0.1) is 0 Å². The van der Waals surface area contributed by atoms with Gasteiger partial charge in [-0.25, -0.2) is 8.42 Å². The van der Waals surface area contributed by atoms with Crippen LogP contribution in [0, 0.1) is 6.92 Å². The number of halogens is 1. The Balaban J connectivity index is 1.91. The van der Waals surface area contributed by atoms with E-state index < -0.39 is 9.84 Å². The van der Waals surface area contributed by atoms with Gasteiger partial charge in [0.25, 0.3) is 5.56 Å². The molecule has 0 bridgehead atoms. The molecule has 4 rings (SSSR count). The van der Waals surface area contributed by atoms with Gasteiger partial charge in [0, 0.05) is 40.6 Å². The normalized spacial score (nSPS) is 11.7. The Labute approximate surface area is 179 Å². The molecule has 0 amide bonds. The van der Waals surface area contributed by atoms with Gasteiger partial charge < -0.3 is 14.7 Å². The molecule has 0 saturated heterocycles. The van der Waals surface area contributed by atoms with Gasteiger partial charge in [0.2, 0.25) is 0 Å². The molecule has 0 fully saturated rings. The van der Waals surface area contributed by atoms with E-state index in [0.29, 0.717) is 16.1 Å². The maximum atomic E-state index is 12.3. The number of aromatic nitrogens is 2. The van der Waals surface area contributed by atoms with E-state index in [1.165, 1.54) is 6.26 Å². The van der Waals surface area contributed by atoms with Crippen molar-refractivity contribution in [2.75, 3.05) is 11.6 Å². The molecule has 0 aliphatic rings. The monoisotopic (exact) mass is 441 g/mol. The first-order chi connectivity index (χ1) is 14.2. The molecule has 154 valence electrons. The van der Waals surface area contributed by atoms with Crippen LogP contribution in [-0.2, 0) is 15.6 Å². The maximum Gasteiger partial charge on any atom is 0.272 e. The van der Waals surface area contributed by atoms with Gasteiger partial charge in [-0.05, 0) is 60.5 Å². The Morgan fingerprint density at radius 2 is 1.83 bits per heavy atom. The average Bonchev–Trinajstić information content (AvgIpc) is 3.01. The highest BCUT2D eigenvalue weighted by Gasteiger charge is 2.16. The van der Waals surface area contributed by atoms with E-state index in [2.05, 4.69) is 10.3 Å². The Morgan fingerprint density at radius 1 is 1.10 bits per heavy atom. The van der Waals surface area contributed by atoms with Gasteiger partial charge >= 0.3 is 0 Å². The zero-order chi connectivity index (χ0) is 21.5. The number of H-pyrrole nitrogens is 1. The van der Waals surface area contributed by atoms with Crippen molar-refractivity contribution in [2.45, 2.75) is 12.7 Å². The van der Waals surface area contributed by atoms with Crippen LogP contribution in [0.3, 0.4) is 0 Å². The largest absolute Gasteiger partial charge is 0.355 e. The number of anilines is 2. The van der Waals surface area contributed by atoms with Crippen LogP contribution >= 0.6 is 11.6 Å². The fourth-order valence-corrected chi connectivity index (χ4v) is 4.46. The summed E-state index contributed by atoms with van der Waals surface area (Å²) in [6, 6.07) is 14.7. The van der Waals surface area contributed by atoms with Crippen molar-refractivity contribution in [3.05, 3.63) is 87.4 Å². The van der Waals surface area contributed by atoms with E-state index in [9.17, 15) is 13.2 Å². The molecule has 0 spiro atoms. The summed E-state index contributed by atoms with van der Waals surface area (Å²) in [5.74, 6) is -0.0654. The number of hydrogen-bond acceptors (Lipinski definition) is 4. The number of hydrogen-bond donors (Lipinski definition) is 2. The van der Waals surface area contributed by atoms with E-state index in [4.69, 9.17) is 11.6 Å². The third-order valence-electron chi connectivity index (χ3n) is 4.79. The Bertz CT molecular complexity index is 1400. The van der Waals surface area contributed by atoms with Crippen molar-refractivity contribution in [1.29, 1.82) is 0 Å². The van der Waals surface area contributed by atoms with Gasteiger partial charge in [0.15, 0.2) is 9.84 Å². The first-order valence-corrected chi connectivity index (χ1v) is 11.7. The maximum absolute atomic E-state index is 12.3. The number of nitrogens with one attached hydrogen (secondary N) is 2. The first-order valence-electron chi connectivity index (χ1n) is 9.24. The smallest absolute Gasteiger partial charge is 0.272 e. The predicted molar refractivity (Wildman–Crippen MR) is 121 cm³/mol. The van der Waals surface area contributed by atoms with Gasteiger partial charge in [-0.1, -0.05) is 17.7 Å². The topological polar surface area (TPSA) is 83.4 Å². The first kappa shape index (κ1) is 20.3. The molecular formula is C22H20ClN3O3S. The molecule has 0 radical (unpaired) electrons. The fourth-order valence-electron chi connectivity index (χ4n) is 3.55. The molecule has 0 aliphatic carbocycles. The Morgan fingerprint density at radius 3 is 2.53 bits per heavy atom. The predicted octanol–water partition coefficient (Wildman–Crippen LogP) is 4.54. The molecule has 2 heterocycles. The highest BCUT2D eigenvalue weighted by molar-refractivity contribution is 7.89. The summed E-state index contributed by atoms with van der Waals surface area (Å²) in [7, 11) is -3.19. The van der Waals surface area contributed by atoms with Crippen molar-refractivity contribution in [3.63, 3.8) is 0 Å². The highest BCUT2D eigenvalue weighted by Crippen LogP contribution is 2.34. The van der Waals surface area contributed by atoms with Crippen LogP contribution in [0.15, 0.2) is 65.7 Å². The number of rotatable bonds is 5. The molecular weight excluding hydrogens is 422 g/mol. The van der Waals surface area contributed by atoms with Crippen LogP contribution < -0.4 is 10.9 Å². The Hall–Kier alpha value is -3.03. The lowest BCUT2D eigenvalue weighted by Gasteiger charge is -2.14. The van der Waals surface area contributed by atoms with Crippen molar-refractivity contribution in [1.82, 2.24) is 9.38 Å². The van der Waals surface area contributed by atoms with E-state index >= 15 is 0 Å². The number of benzene rings is 2. The molecule has 8 heteroatoms. The average molecular weight is 442 g/mol. The SMILES string of the molecule is Cc1cc(-c2cc(CS(C)(=O)=O)ccc2Nc2ccc(Cl)cc2)n2cc[nH]c(=O)c12. The zero-order valence-electron chi connectivity index (χ0n) is 16.4. The molecule has 0 atom stereocenters. The summed E-state index contributed by atoms with van der Waals surface area (Å²) in [4.78, 5) is 15.0. The van der Waals surface area contributed by atoms with Crippen molar-refractivity contribution in [2.24, 2.45) is 0 Å². The van der Waals surface area contributed by atoms with E-state index in [0.717, 1.165) is 28.2 Å². The van der Waals surface area contributed by atoms with Crippen LogP contribution in [0.1, 0.15) is 11.1 Å². The van der Waals surface area contributed by atoms with Gasteiger partial charge in [-0.3, -0.25) is 4.79 Å². The summed E-state index contributed by atoms with van der Waals surface area (Å²) in [6.07, 6.45) is 4.59. The number of aryl methyl sites for hydroxylation is 1. The molecule has 4 aromatic rings. The van der Waals surface area contributed by atoms with Crippen LogP contribution in [0.5, 0.6) is 0 Å². The lowest BCUT2D eigenvalue weighted by atomic mass is 10.1. The highest BCUT2D eigenvalue weighted by atomic mass is 35.5. The third-order valence-corrected chi connectivity index (χ3v) is 5.90. The minimum atomic E-state index is -3.19. The quantitative estimate of drug-likeness (QED) is 0.476. The van der Waals surface area contributed by atoms with Gasteiger partial charge in [0.05, 0.1) is 11.4 Å². The molecule has 2 aromatic heterocycles. The van der Waals surface area contributed by atoms with Crippen molar-refractivity contribution >= 4 is 38.3 Å². The van der Waals surface area contributed by atoms with E-state index in [-0.39, 0.29) is 11.3 Å². The summed E-state index contributed by atoms with van der Waals surface area (Å²) in [5, 5.41) is 4.01. The third kappa shape index (κ3) is 4.13. The number of nitrogens with zero attached hydrogens (tertiary/aromatic N) is 1. The number of sulfone groups is 1. The number of fused-ring (bicyclic) bond motifs is 1. The second-order valence-electron chi connectivity index (χ2n) is 7.30. The lowest BCUT2D eigenvalue weighted by molar-refractivity contribution is 0.601. The molecule has 30 heavy (non-hydrogen) atoms. The molecule has 0 saturated carbocycles. The van der Waals surface area contributed by atoms with Crippen molar-refractivity contribution < 1.29 is 8.42 Å². The summed E-state index contributed by atoms with van der Waals surface area (Å²) in [5.41, 5.74) is 5.09. The Kier molecular flexibility index (Phi) is 5.17.